The fraction of sp³-hybridized carbons (Fsp3) is 0.529. The topological polar surface area (TPSA) is 89.5 Å². The van der Waals surface area contributed by atoms with E-state index in [0.29, 0.717) is 12.8 Å². The van der Waals surface area contributed by atoms with Gasteiger partial charge in [-0.05, 0) is 36.5 Å². The van der Waals surface area contributed by atoms with E-state index in [0.717, 1.165) is 56.9 Å². The fourth-order valence-corrected chi connectivity index (χ4v) is 4.88. The van der Waals surface area contributed by atoms with Crippen molar-refractivity contribution in [1.82, 2.24) is 5.32 Å². The zero-order valence-corrected chi connectivity index (χ0v) is 24.9. The molecule has 0 saturated heterocycles. The highest BCUT2D eigenvalue weighted by Crippen LogP contribution is 2.40. The van der Waals surface area contributed by atoms with E-state index in [2.05, 4.69) is 25.7 Å². The monoisotopic (exact) mass is 549 g/mol. The van der Waals surface area contributed by atoms with Crippen LogP contribution in [0.15, 0.2) is 54.7 Å². The number of unbranched alkanes of at least 4 members (excludes halogenated alkanes) is 8. The standard InChI is InChI=1S/C34H47NO5/c1-6-9-12-14-16-19-31(37)35-34(30(36)24-27(33(34)39)18-11-8-3)28-22-21-26(25(4)5)23-29(28)40-32(38)20-17-15-13-10-7-2/h8,11,18,21-25H,3,6-7,9-10,12-17,19-20H2,1-2,4-5H3,(H,35,37)/b18-11-. The summed E-state index contributed by atoms with van der Waals surface area (Å²) in [5.74, 6) is -1.67. The lowest BCUT2D eigenvalue weighted by Gasteiger charge is -2.30. The van der Waals surface area contributed by atoms with Crippen molar-refractivity contribution in [3.05, 3.63) is 65.8 Å². The van der Waals surface area contributed by atoms with Crippen molar-refractivity contribution in [2.24, 2.45) is 0 Å². The lowest BCUT2D eigenvalue weighted by Crippen LogP contribution is -2.54. The predicted octanol–water partition coefficient (Wildman–Crippen LogP) is 7.57. The molecule has 0 spiro atoms. The Balaban J connectivity index is 2.46. The zero-order chi connectivity index (χ0) is 29.5. The number of hydrogen-bond acceptors (Lipinski definition) is 5. The first-order valence-electron chi connectivity index (χ1n) is 15.0. The van der Waals surface area contributed by atoms with Crippen LogP contribution in [0.2, 0.25) is 0 Å². The molecule has 0 fully saturated rings. The third-order valence-electron chi connectivity index (χ3n) is 7.29. The SMILES string of the molecule is C=C/C=C\C1=CC(=O)C(NC(=O)CCCCCCC)(c2ccc(C(C)C)cc2OC(=O)CCCCCCC)C1=O. The van der Waals surface area contributed by atoms with Crippen molar-refractivity contribution >= 4 is 23.4 Å². The number of allylic oxidation sites excluding steroid dienone is 3. The van der Waals surface area contributed by atoms with Gasteiger partial charge in [-0.15, -0.1) is 0 Å². The Bertz CT molecular complexity index is 1110. The molecule has 1 aliphatic rings. The number of ether oxygens (including phenoxy) is 1. The Morgan fingerprint density at radius 3 is 2.17 bits per heavy atom. The molecule has 1 atom stereocenters. The highest BCUT2D eigenvalue weighted by atomic mass is 16.5. The van der Waals surface area contributed by atoms with Gasteiger partial charge in [0.2, 0.25) is 11.7 Å². The molecule has 1 aliphatic carbocycles. The Kier molecular flexibility index (Phi) is 13.8. The van der Waals surface area contributed by atoms with Crippen LogP contribution < -0.4 is 10.1 Å². The molecule has 218 valence electrons. The maximum Gasteiger partial charge on any atom is 0.311 e. The minimum Gasteiger partial charge on any atom is -0.426 e. The van der Waals surface area contributed by atoms with Crippen molar-refractivity contribution in [3.8, 4) is 5.75 Å². The van der Waals surface area contributed by atoms with Gasteiger partial charge < -0.3 is 10.1 Å². The van der Waals surface area contributed by atoms with Gasteiger partial charge in [-0.25, -0.2) is 0 Å². The second kappa shape index (κ2) is 16.7. The Morgan fingerprint density at radius 2 is 1.57 bits per heavy atom. The van der Waals surface area contributed by atoms with Crippen LogP contribution in [-0.2, 0) is 24.7 Å². The van der Waals surface area contributed by atoms with E-state index in [1.54, 1.807) is 18.2 Å². The molecule has 1 aromatic rings. The minimum atomic E-state index is -1.99. The van der Waals surface area contributed by atoms with Crippen LogP contribution in [0, 0.1) is 0 Å². The molecular formula is C34H47NO5. The van der Waals surface area contributed by atoms with Gasteiger partial charge >= 0.3 is 5.97 Å². The summed E-state index contributed by atoms with van der Waals surface area (Å²) in [6.45, 7) is 11.9. The van der Waals surface area contributed by atoms with Crippen LogP contribution in [0.3, 0.4) is 0 Å². The Hall–Kier alpha value is -3.28. The molecule has 0 bridgehead atoms. The molecule has 0 heterocycles. The summed E-state index contributed by atoms with van der Waals surface area (Å²) in [6.07, 6.45) is 16.0. The zero-order valence-electron chi connectivity index (χ0n) is 24.9. The van der Waals surface area contributed by atoms with Crippen molar-refractivity contribution in [3.63, 3.8) is 0 Å². The van der Waals surface area contributed by atoms with Gasteiger partial charge in [-0.3, -0.25) is 19.2 Å². The summed E-state index contributed by atoms with van der Waals surface area (Å²) in [5.41, 5.74) is -0.754. The molecule has 2 rings (SSSR count). The number of benzene rings is 1. The predicted molar refractivity (Wildman–Crippen MR) is 160 cm³/mol. The maximum absolute atomic E-state index is 13.9. The number of rotatable bonds is 18. The minimum absolute atomic E-state index is 0.119. The number of carbonyl (C=O) groups excluding carboxylic acids is 4. The smallest absolute Gasteiger partial charge is 0.311 e. The van der Waals surface area contributed by atoms with Crippen LogP contribution in [0.25, 0.3) is 0 Å². The summed E-state index contributed by atoms with van der Waals surface area (Å²) in [6, 6.07) is 5.18. The van der Waals surface area contributed by atoms with Crippen LogP contribution in [-0.4, -0.2) is 23.4 Å². The second-order valence-corrected chi connectivity index (χ2v) is 10.9. The molecule has 6 heteroatoms. The number of hydrogen-bond donors (Lipinski definition) is 1. The van der Waals surface area contributed by atoms with E-state index < -0.39 is 23.1 Å². The number of amides is 1. The lowest BCUT2D eigenvalue weighted by molar-refractivity contribution is -0.137. The molecular weight excluding hydrogens is 502 g/mol. The third kappa shape index (κ3) is 8.87. The van der Waals surface area contributed by atoms with Crippen LogP contribution in [0.5, 0.6) is 5.75 Å². The molecule has 0 aromatic heterocycles. The van der Waals surface area contributed by atoms with Crippen molar-refractivity contribution in [1.29, 1.82) is 0 Å². The van der Waals surface area contributed by atoms with Gasteiger partial charge in [-0.1, -0.05) is 116 Å². The maximum atomic E-state index is 13.9. The van der Waals surface area contributed by atoms with E-state index in [1.807, 2.05) is 19.9 Å². The average Bonchev–Trinajstić information content (AvgIpc) is 3.16. The van der Waals surface area contributed by atoms with Crippen LogP contribution in [0.1, 0.15) is 122 Å². The number of nitrogens with one attached hydrogen (secondary N) is 1. The fourth-order valence-electron chi connectivity index (χ4n) is 4.88. The molecule has 1 amide bonds. The highest BCUT2D eigenvalue weighted by Gasteiger charge is 2.54. The average molecular weight is 550 g/mol. The van der Waals surface area contributed by atoms with Crippen LogP contribution in [0.4, 0.5) is 0 Å². The van der Waals surface area contributed by atoms with Gasteiger partial charge in [0, 0.05) is 24.0 Å². The molecule has 0 aliphatic heterocycles. The molecule has 0 radical (unpaired) electrons. The summed E-state index contributed by atoms with van der Waals surface area (Å²) >= 11 is 0. The molecule has 1 N–H and O–H groups in total. The molecule has 6 nitrogen and oxygen atoms in total. The number of ketones is 2. The number of Topliss-reactive ketones (excluding diaryl/α,β-unsaturated/α-hetero) is 1. The molecule has 1 unspecified atom stereocenters. The van der Waals surface area contributed by atoms with Crippen molar-refractivity contribution in [2.45, 2.75) is 116 Å². The van der Waals surface area contributed by atoms with E-state index in [4.69, 9.17) is 4.74 Å². The van der Waals surface area contributed by atoms with E-state index >= 15 is 0 Å². The first kappa shape index (κ1) is 32.9. The Morgan fingerprint density at radius 1 is 0.950 bits per heavy atom. The first-order valence-corrected chi connectivity index (χ1v) is 15.0. The molecule has 0 saturated carbocycles. The van der Waals surface area contributed by atoms with Crippen molar-refractivity contribution in [2.75, 3.05) is 0 Å². The second-order valence-electron chi connectivity index (χ2n) is 10.9. The summed E-state index contributed by atoms with van der Waals surface area (Å²) in [7, 11) is 0. The van der Waals surface area contributed by atoms with Crippen molar-refractivity contribution < 1.29 is 23.9 Å². The number of carbonyl (C=O) groups is 4. The molecule has 1 aromatic carbocycles. The summed E-state index contributed by atoms with van der Waals surface area (Å²) in [4.78, 5) is 53.6. The largest absolute Gasteiger partial charge is 0.426 e. The summed E-state index contributed by atoms with van der Waals surface area (Å²) in [5, 5.41) is 2.79. The first-order chi connectivity index (χ1) is 19.2. The van der Waals surface area contributed by atoms with Gasteiger partial charge in [0.15, 0.2) is 11.3 Å². The van der Waals surface area contributed by atoms with E-state index in [-0.39, 0.29) is 41.6 Å². The highest BCUT2D eigenvalue weighted by molar-refractivity contribution is 6.31. The third-order valence-corrected chi connectivity index (χ3v) is 7.29. The van der Waals surface area contributed by atoms with Gasteiger partial charge in [-0.2, -0.15) is 0 Å². The van der Waals surface area contributed by atoms with Gasteiger partial charge in [0.1, 0.15) is 5.75 Å². The van der Waals surface area contributed by atoms with E-state index in [1.165, 1.54) is 18.2 Å². The van der Waals surface area contributed by atoms with Gasteiger partial charge in [0.25, 0.3) is 0 Å². The van der Waals surface area contributed by atoms with Crippen LogP contribution >= 0.6 is 0 Å². The van der Waals surface area contributed by atoms with E-state index in [9.17, 15) is 19.2 Å². The summed E-state index contributed by atoms with van der Waals surface area (Å²) < 4.78 is 5.85. The quantitative estimate of drug-likeness (QED) is 0.0671. The Labute approximate surface area is 240 Å². The number of esters is 1. The lowest BCUT2D eigenvalue weighted by atomic mass is 9.82. The normalized spacial score (nSPS) is 17.0. The van der Waals surface area contributed by atoms with Gasteiger partial charge in [0.05, 0.1) is 0 Å². The molecule has 40 heavy (non-hydrogen) atoms.